The van der Waals surface area contributed by atoms with Crippen LogP contribution in [0.25, 0.3) is 0 Å². The molecule has 0 radical (unpaired) electrons. The molecule has 0 spiro atoms. The molecule has 1 aromatic rings. The maximum absolute atomic E-state index is 11.4. The second kappa shape index (κ2) is 8.02. The van der Waals surface area contributed by atoms with E-state index in [0.29, 0.717) is 17.9 Å². The van der Waals surface area contributed by atoms with Crippen LogP contribution in [0.5, 0.6) is 11.5 Å². The predicted molar refractivity (Wildman–Crippen MR) is 74.5 cm³/mol. The minimum atomic E-state index is -0.339. The number of nitrogens with two attached hydrogens (primary N) is 1. The van der Waals surface area contributed by atoms with Crippen molar-refractivity contribution < 1.29 is 14.3 Å². The summed E-state index contributed by atoms with van der Waals surface area (Å²) >= 11 is 0. The summed E-state index contributed by atoms with van der Waals surface area (Å²) in [4.78, 5) is 11.4. The predicted octanol–water partition coefficient (Wildman–Crippen LogP) is 0.603. The van der Waals surface area contributed by atoms with Crippen LogP contribution >= 0.6 is 0 Å². The first-order valence-corrected chi connectivity index (χ1v) is 6.25. The monoisotopic (exact) mass is 277 g/mol. The van der Waals surface area contributed by atoms with E-state index in [1.165, 1.54) is 0 Å². The standard InChI is InChI=1S/C14H19N3O3/c1-10(16)7-11-8-12(19-2)3-4-13(11)20-9-14(18)17-6-5-15/h3-4,8,10H,6-7,9,16H2,1-2H3,(H,17,18). The molecule has 0 aromatic heterocycles. The van der Waals surface area contributed by atoms with E-state index in [1.54, 1.807) is 19.2 Å². The summed E-state index contributed by atoms with van der Waals surface area (Å²) < 4.78 is 10.6. The molecule has 1 aromatic carbocycles. The highest BCUT2D eigenvalue weighted by Gasteiger charge is 2.10. The van der Waals surface area contributed by atoms with Gasteiger partial charge in [0, 0.05) is 6.04 Å². The Bertz CT molecular complexity index is 495. The Morgan fingerprint density at radius 2 is 2.30 bits per heavy atom. The van der Waals surface area contributed by atoms with Crippen LogP contribution in [0.1, 0.15) is 12.5 Å². The number of methoxy groups -OCH3 is 1. The van der Waals surface area contributed by atoms with Crippen molar-refractivity contribution >= 4 is 5.91 Å². The molecule has 1 amide bonds. The summed E-state index contributed by atoms with van der Waals surface area (Å²) in [5.41, 5.74) is 6.68. The van der Waals surface area contributed by atoms with E-state index >= 15 is 0 Å². The normalized spacial score (nSPS) is 11.3. The Hall–Kier alpha value is -2.26. The van der Waals surface area contributed by atoms with Crippen molar-refractivity contribution in [3.63, 3.8) is 0 Å². The van der Waals surface area contributed by atoms with E-state index < -0.39 is 0 Å². The highest BCUT2D eigenvalue weighted by atomic mass is 16.5. The average molecular weight is 277 g/mol. The van der Waals surface area contributed by atoms with Gasteiger partial charge < -0.3 is 20.5 Å². The number of benzene rings is 1. The van der Waals surface area contributed by atoms with Crippen molar-refractivity contribution in [2.75, 3.05) is 20.3 Å². The zero-order chi connectivity index (χ0) is 15.0. The Kier molecular flexibility index (Phi) is 6.33. The number of carbonyl (C=O) groups excluding carboxylic acids is 1. The molecule has 1 atom stereocenters. The van der Waals surface area contributed by atoms with Gasteiger partial charge in [-0.3, -0.25) is 4.79 Å². The first-order valence-electron chi connectivity index (χ1n) is 6.25. The van der Waals surface area contributed by atoms with Crippen LogP contribution in [-0.4, -0.2) is 32.2 Å². The van der Waals surface area contributed by atoms with Crippen molar-refractivity contribution in [3.8, 4) is 17.6 Å². The van der Waals surface area contributed by atoms with Gasteiger partial charge in [0.05, 0.1) is 13.2 Å². The average Bonchev–Trinajstić information content (AvgIpc) is 2.42. The third-order valence-electron chi connectivity index (χ3n) is 2.53. The van der Waals surface area contributed by atoms with Crippen LogP contribution < -0.4 is 20.5 Å². The quantitative estimate of drug-likeness (QED) is 0.711. The Morgan fingerprint density at radius 1 is 1.55 bits per heavy atom. The molecule has 3 N–H and O–H groups in total. The molecule has 1 rings (SSSR count). The van der Waals surface area contributed by atoms with Crippen LogP contribution in [-0.2, 0) is 11.2 Å². The minimum absolute atomic E-state index is 0.0303. The molecule has 0 saturated carbocycles. The molecule has 0 heterocycles. The van der Waals surface area contributed by atoms with E-state index in [4.69, 9.17) is 20.5 Å². The summed E-state index contributed by atoms with van der Waals surface area (Å²) in [7, 11) is 1.58. The zero-order valence-corrected chi connectivity index (χ0v) is 11.7. The topological polar surface area (TPSA) is 97.4 Å². The van der Waals surface area contributed by atoms with Crippen molar-refractivity contribution in [3.05, 3.63) is 23.8 Å². The largest absolute Gasteiger partial charge is 0.497 e. The number of nitriles is 1. The summed E-state index contributed by atoms with van der Waals surface area (Å²) in [5.74, 6) is 0.964. The van der Waals surface area contributed by atoms with Gasteiger partial charge in [-0.25, -0.2) is 0 Å². The van der Waals surface area contributed by atoms with Crippen molar-refractivity contribution in [2.24, 2.45) is 5.73 Å². The molecule has 0 bridgehead atoms. The van der Waals surface area contributed by atoms with Crippen LogP contribution in [0.3, 0.4) is 0 Å². The van der Waals surface area contributed by atoms with E-state index in [1.807, 2.05) is 19.1 Å². The van der Waals surface area contributed by atoms with Gasteiger partial charge in [-0.1, -0.05) is 0 Å². The highest BCUT2D eigenvalue weighted by Crippen LogP contribution is 2.25. The Balaban J connectivity index is 2.73. The summed E-state index contributed by atoms with van der Waals surface area (Å²) in [6, 6.07) is 7.14. The van der Waals surface area contributed by atoms with Gasteiger partial charge in [0.1, 0.15) is 18.0 Å². The molecule has 0 saturated heterocycles. The fourth-order valence-corrected chi connectivity index (χ4v) is 1.66. The fourth-order valence-electron chi connectivity index (χ4n) is 1.66. The van der Waals surface area contributed by atoms with Gasteiger partial charge in [-0.15, -0.1) is 0 Å². The number of carbonyl (C=O) groups is 1. The number of hydrogen-bond donors (Lipinski definition) is 2. The first kappa shape index (κ1) is 15.8. The molecule has 0 aliphatic rings. The number of rotatable bonds is 7. The maximum Gasteiger partial charge on any atom is 0.258 e. The van der Waals surface area contributed by atoms with Gasteiger partial charge in [0.2, 0.25) is 0 Å². The molecule has 6 heteroatoms. The smallest absolute Gasteiger partial charge is 0.258 e. The SMILES string of the molecule is COc1ccc(OCC(=O)NCC#N)c(CC(C)N)c1. The van der Waals surface area contributed by atoms with E-state index in [-0.39, 0.29) is 25.1 Å². The molecule has 20 heavy (non-hydrogen) atoms. The maximum atomic E-state index is 11.4. The van der Waals surface area contributed by atoms with E-state index in [9.17, 15) is 4.79 Å². The Morgan fingerprint density at radius 3 is 2.90 bits per heavy atom. The number of nitrogens with one attached hydrogen (secondary N) is 1. The summed E-state index contributed by atoms with van der Waals surface area (Å²) in [6.07, 6.45) is 0.617. The lowest BCUT2D eigenvalue weighted by Gasteiger charge is -2.14. The van der Waals surface area contributed by atoms with Crippen molar-refractivity contribution in [1.82, 2.24) is 5.32 Å². The molecule has 108 valence electrons. The number of ether oxygens (including phenoxy) is 2. The molecular weight excluding hydrogens is 258 g/mol. The summed E-state index contributed by atoms with van der Waals surface area (Å²) in [6.45, 7) is 1.72. The van der Waals surface area contributed by atoms with Crippen molar-refractivity contribution in [1.29, 1.82) is 5.26 Å². The first-order chi connectivity index (χ1) is 9.56. The van der Waals surface area contributed by atoms with Crippen LogP contribution in [0.4, 0.5) is 0 Å². The van der Waals surface area contributed by atoms with Crippen LogP contribution in [0, 0.1) is 11.3 Å². The third-order valence-corrected chi connectivity index (χ3v) is 2.53. The molecular formula is C14H19N3O3. The molecule has 6 nitrogen and oxygen atoms in total. The lowest BCUT2D eigenvalue weighted by atomic mass is 10.1. The second-order valence-electron chi connectivity index (χ2n) is 4.38. The lowest BCUT2D eigenvalue weighted by Crippen LogP contribution is -2.29. The Labute approximate surface area is 118 Å². The molecule has 1 unspecified atom stereocenters. The van der Waals surface area contributed by atoms with Gasteiger partial charge in [0.25, 0.3) is 5.91 Å². The lowest BCUT2D eigenvalue weighted by molar-refractivity contribution is -0.122. The van der Waals surface area contributed by atoms with Gasteiger partial charge in [-0.2, -0.15) is 5.26 Å². The highest BCUT2D eigenvalue weighted by molar-refractivity contribution is 5.77. The third kappa shape index (κ3) is 5.16. The zero-order valence-electron chi connectivity index (χ0n) is 11.7. The van der Waals surface area contributed by atoms with Crippen LogP contribution in [0.2, 0.25) is 0 Å². The fraction of sp³-hybridized carbons (Fsp3) is 0.429. The number of hydrogen-bond acceptors (Lipinski definition) is 5. The van der Waals surface area contributed by atoms with E-state index in [2.05, 4.69) is 5.32 Å². The molecule has 0 aliphatic carbocycles. The van der Waals surface area contributed by atoms with Gasteiger partial charge >= 0.3 is 0 Å². The van der Waals surface area contributed by atoms with Gasteiger partial charge in [-0.05, 0) is 37.1 Å². The summed E-state index contributed by atoms with van der Waals surface area (Å²) in [5, 5.41) is 10.8. The minimum Gasteiger partial charge on any atom is -0.497 e. The van der Waals surface area contributed by atoms with Gasteiger partial charge in [0.15, 0.2) is 6.61 Å². The number of nitrogens with zero attached hydrogens (tertiary/aromatic N) is 1. The van der Waals surface area contributed by atoms with Crippen LogP contribution in [0.15, 0.2) is 18.2 Å². The molecule has 0 aliphatic heterocycles. The van der Waals surface area contributed by atoms with Crippen molar-refractivity contribution in [2.45, 2.75) is 19.4 Å². The second-order valence-corrected chi connectivity index (χ2v) is 4.38. The molecule has 0 fully saturated rings. The number of amides is 1. The van der Waals surface area contributed by atoms with E-state index in [0.717, 1.165) is 5.56 Å².